The molecule has 3 aliphatic rings. The van der Waals surface area contributed by atoms with Gasteiger partial charge in [0.15, 0.2) is 0 Å². The number of hydrogen-bond donors (Lipinski definition) is 0. The van der Waals surface area contributed by atoms with E-state index in [1.807, 2.05) is 12.3 Å². The fourth-order valence-electron chi connectivity index (χ4n) is 9.47. The maximum absolute atomic E-state index is 6.40. The van der Waals surface area contributed by atoms with Crippen LogP contribution >= 0.6 is 0 Å². The molecular weight excluding hydrogens is 562 g/mol. The third-order valence-corrected chi connectivity index (χ3v) is 11.2. The van der Waals surface area contributed by atoms with Crippen molar-refractivity contribution >= 4 is 49.9 Å². The molecule has 2 saturated carbocycles. The van der Waals surface area contributed by atoms with Crippen LogP contribution in [0.1, 0.15) is 55.6 Å². The van der Waals surface area contributed by atoms with Crippen LogP contribution in [0.4, 0.5) is 17.1 Å². The van der Waals surface area contributed by atoms with E-state index in [9.17, 15) is 0 Å². The van der Waals surface area contributed by atoms with Gasteiger partial charge in [0.25, 0.3) is 0 Å². The van der Waals surface area contributed by atoms with Gasteiger partial charge in [-0.05, 0) is 102 Å². The van der Waals surface area contributed by atoms with Crippen molar-refractivity contribution in [2.45, 2.75) is 44.4 Å². The smallest absolute Gasteiger partial charge is 0.137 e. The average molecular weight is 598 g/mol. The molecule has 10 rings (SSSR count). The first-order valence-corrected chi connectivity index (χ1v) is 16.9. The molecule has 2 aromatic heterocycles. The molecular formula is C42H35N3O. The van der Waals surface area contributed by atoms with Gasteiger partial charge in [0.1, 0.15) is 17.5 Å². The fraction of sp³-hybridized carbons (Fsp3) is 0.238. The maximum Gasteiger partial charge on any atom is 0.137 e. The highest BCUT2D eigenvalue weighted by atomic mass is 16.3. The summed E-state index contributed by atoms with van der Waals surface area (Å²) in [6.07, 6.45) is 12.0. The van der Waals surface area contributed by atoms with Crippen LogP contribution in [0.5, 0.6) is 0 Å². The lowest BCUT2D eigenvalue weighted by atomic mass is 9.63. The predicted molar refractivity (Wildman–Crippen MR) is 187 cm³/mol. The molecule has 2 bridgehead atoms. The predicted octanol–water partition coefficient (Wildman–Crippen LogP) is 11.3. The van der Waals surface area contributed by atoms with Crippen molar-refractivity contribution < 1.29 is 4.42 Å². The van der Waals surface area contributed by atoms with E-state index in [1.54, 1.807) is 6.33 Å². The Kier molecular flexibility index (Phi) is 5.87. The molecule has 7 aromatic rings. The normalized spacial score (nSPS) is 21.8. The van der Waals surface area contributed by atoms with Crippen molar-refractivity contribution in [1.29, 1.82) is 0 Å². The summed E-state index contributed by atoms with van der Waals surface area (Å²) in [4.78, 5) is 11.5. The van der Waals surface area contributed by atoms with Gasteiger partial charge in [-0.25, -0.2) is 9.97 Å². The number of para-hydroxylation sites is 1. The standard InChI is InChI=1S/C42H35N3O/c1-2-11-32-30(10-1)31-19-18-29(23-34(31)41(32)28-21-26-8-5-9-27(20-26)22-28)45(37-14-6-13-36-35(37)24-43-25-44-36)38-15-7-17-40-42(38)33-12-3-4-16-39(33)46-40/h1-4,6-7,10-19,23-28,41H,5,8-9,20-22H2. The molecule has 2 fully saturated rings. The molecule has 0 N–H and O–H groups in total. The molecule has 4 heteroatoms. The Bertz CT molecular complexity index is 2270. The molecule has 2 heterocycles. The first kappa shape index (κ1) is 26.3. The first-order chi connectivity index (χ1) is 22.8. The van der Waals surface area contributed by atoms with Crippen molar-refractivity contribution in [3.63, 3.8) is 0 Å². The van der Waals surface area contributed by atoms with Crippen molar-refractivity contribution in [2.24, 2.45) is 17.8 Å². The molecule has 0 amide bonds. The van der Waals surface area contributed by atoms with Gasteiger partial charge in [-0.3, -0.25) is 0 Å². The number of rotatable bonds is 4. The zero-order valence-electron chi connectivity index (χ0n) is 25.8. The summed E-state index contributed by atoms with van der Waals surface area (Å²) in [5.41, 5.74) is 11.9. The number of anilines is 3. The molecule has 5 aromatic carbocycles. The second-order valence-corrected chi connectivity index (χ2v) is 13.8. The Morgan fingerprint density at radius 2 is 1.43 bits per heavy atom. The van der Waals surface area contributed by atoms with E-state index >= 15 is 0 Å². The Morgan fingerprint density at radius 1 is 0.652 bits per heavy atom. The zero-order chi connectivity index (χ0) is 30.2. The summed E-state index contributed by atoms with van der Waals surface area (Å²) in [5.74, 6) is 2.88. The topological polar surface area (TPSA) is 42.2 Å². The number of benzene rings is 5. The number of aromatic nitrogens is 2. The van der Waals surface area contributed by atoms with Crippen LogP contribution < -0.4 is 4.90 Å². The zero-order valence-corrected chi connectivity index (χ0v) is 25.8. The average Bonchev–Trinajstić information content (AvgIpc) is 3.64. The van der Waals surface area contributed by atoms with Crippen LogP contribution in [0.15, 0.2) is 120 Å². The maximum atomic E-state index is 6.40. The molecule has 3 aliphatic carbocycles. The van der Waals surface area contributed by atoms with Gasteiger partial charge < -0.3 is 9.32 Å². The number of furan rings is 1. The van der Waals surface area contributed by atoms with Crippen LogP contribution in [-0.4, -0.2) is 9.97 Å². The Morgan fingerprint density at radius 3 is 2.37 bits per heavy atom. The minimum atomic E-state index is 0.429. The third kappa shape index (κ3) is 3.99. The summed E-state index contributed by atoms with van der Waals surface area (Å²) in [5, 5.41) is 3.26. The number of nitrogens with zero attached hydrogens (tertiary/aromatic N) is 3. The van der Waals surface area contributed by atoms with Gasteiger partial charge in [-0.2, -0.15) is 0 Å². The van der Waals surface area contributed by atoms with E-state index in [-0.39, 0.29) is 0 Å². The van der Waals surface area contributed by atoms with Crippen LogP contribution in [0.25, 0.3) is 44.0 Å². The monoisotopic (exact) mass is 597 g/mol. The van der Waals surface area contributed by atoms with E-state index in [0.29, 0.717) is 11.8 Å². The Balaban J connectivity index is 1.21. The molecule has 224 valence electrons. The minimum absolute atomic E-state index is 0.429. The molecule has 3 atom stereocenters. The van der Waals surface area contributed by atoms with E-state index in [2.05, 4.69) is 112 Å². The van der Waals surface area contributed by atoms with Crippen molar-refractivity contribution in [3.05, 3.63) is 127 Å². The molecule has 4 nitrogen and oxygen atoms in total. The summed E-state index contributed by atoms with van der Waals surface area (Å²) >= 11 is 0. The van der Waals surface area contributed by atoms with Crippen molar-refractivity contribution in [3.8, 4) is 11.1 Å². The third-order valence-electron chi connectivity index (χ3n) is 11.2. The molecule has 0 aliphatic heterocycles. The molecule has 46 heavy (non-hydrogen) atoms. The fourth-order valence-corrected chi connectivity index (χ4v) is 9.47. The molecule has 0 saturated heterocycles. The highest BCUT2D eigenvalue weighted by Gasteiger charge is 2.41. The highest BCUT2D eigenvalue weighted by Crippen LogP contribution is 2.56. The quantitative estimate of drug-likeness (QED) is 0.202. The van der Waals surface area contributed by atoms with Gasteiger partial charge in [0.2, 0.25) is 0 Å². The van der Waals surface area contributed by atoms with Crippen LogP contribution in [-0.2, 0) is 0 Å². The first-order valence-electron chi connectivity index (χ1n) is 16.9. The van der Waals surface area contributed by atoms with Crippen LogP contribution in [0.2, 0.25) is 0 Å². The van der Waals surface area contributed by atoms with Gasteiger partial charge in [-0.1, -0.05) is 79.9 Å². The van der Waals surface area contributed by atoms with E-state index in [1.165, 1.54) is 60.8 Å². The van der Waals surface area contributed by atoms with E-state index < -0.39 is 0 Å². The second-order valence-electron chi connectivity index (χ2n) is 13.8. The van der Waals surface area contributed by atoms with E-state index in [4.69, 9.17) is 4.42 Å². The minimum Gasteiger partial charge on any atom is -0.456 e. The SMILES string of the molecule is c1ccc2c(c1)-c1ccc(N(c3cccc4ncncc34)c3cccc4oc5ccccc5c34)cc1C2C1CC2CCCC(C2)C1. The highest BCUT2D eigenvalue weighted by molar-refractivity contribution is 6.14. The van der Waals surface area contributed by atoms with Crippen molar-refractivity contribution in [2.75, 3.05) is 4.90 Å². The number of hydrogen-bond acceptors (Lipinski definition) is 4. The summed E-state index contributed by atoms with van der Waals surface area (Å²) in [7, 11) is 0. The Hall–Kier alpha value is -4.96. The largest absolute Gasteiger partial charge is 0.456 e. The van der Waals surface area contributed by atoms with Gasteiger partial charge in [0.05, 0.1) is 22.3 Å². The second kappa shape index (κ2) is 10.3. The van der Waals surface area contributed by atoms with Gasteiger partial charge in [0, 0.05) is 28.6 Å². The lowest BCUT2D eigenvalue weighted by molar-refractivity contribution is 0.129. The van der Waals surface area contributed by atoms with Crippen LogP contribution in [0.3, 0.4) is 0 Å². The van der Waals surface area contributed by atoms with Crippen molar-refractivity contribution in [1.82, 2.24) is 9.97 Å². The summed E-state index contributed by atoms with van der Waals surface area (Å²) in [6.45, 7) is 0. The molecule has 3 unspecified atom stereocenters. The van der Waals surface area contributed by atoms with Crippen LogP contribution in [0, 0.1) is 17.8 Å². The summed E-state index contributed by atoms with van der Waals surface area (Å²) in [6, 6.07) is 37.6. The molecule has 0 spiro atoms. The van der Waals surface area contributed by atoms with Gasteiger partial charge >= 0.3 is 0 Å². The van der Waals surface area contributed by atoms with Gasteiger partial charge in [-0.15, -0.1) is 0 Å². The lowest BCUT2D eigenvalue weighted by Crippen LogP contribution is -2.30. The number of fused-ring (bicyclic) bond motifs is 9. The molecule has 0 radical (unpaired) electrons. The summed E-state index contributed by atoms with van der Waals surface area (Å²) < 4.78 is 6.40. The van der Waals surface area contributed by atoms with E-state index in [0.717, 1.165) is 61.7 Å². The lowest BCUT2D eigenvalue weighted by Gasteiger charge is -2.42. The Labute approximate surface area is 268 Å².